The number of nitrogens with zero attached hydrogens (tertiary/aromatic N) is 8. The van der Waals surface area contributed by atoms with Crippen LogP contribution in [0.1, 0.15) is 92.1 Å². The maximum atomic E-state index is 14.1. The van der Waals surface area contributed by atoms with E-state index in [9.17, 15) is 67.3 Å². The fourth-order valence-electron chi connectivity index (χ4n) is 11.5. The van der Waals surface area contributed by atoms with Gasteiger partial charge in [0.1, 0.15) is 11.8 Å². The number of aliphatic imine (C=N–C) groups is 1. The van der Waals surface area contributed by atoms with Crippen LogP contribution in [0, 0.1) is 12.8 Å². The van der Waals surface area contributed by atoms with Crippen molar-refractivity contribution in [3.8, 4) is 5.75 Å². The number of benzene rings is 2. The highest BCUT2D eigenvalue weighted by Gasteiger charge is 2.46. The highest BCUT2D eigenvalue weighted by atomic mass is 32.2. The molecule has 0 saturated carbocycles. The molecule has 6 amide bonds. The quantitative estimate of drug-likeness (QED) is 0.0334. The third-order valence-electron chi connectivity index (χ3n) is 16.5. The van der Waals surface area contributed by atoms with Gasteiger partial charge in [0.25, 0.3) is 11.8 Å². The second-order valence-electron chi connectivity index (χ2n) is 23.9. The summed E-state index contributed by atoms with van der Waals surface area (Å²) in [7, 11) is 1.45. The summed E-state index contributed by atoms with van der Waals surface area (Å²) >= 11 is 1.40. The zero-order chi connectivity index (χ0) is 66.4. The summed E-state index contributed by atoms with van der Waals surface area (Å²) in [6, 6.07) is 13.1. The van der Waals surface area contributed by atoms with Crippen molar-refractivity contribution in [2.75, 3.05) is 143 Å². The van der Waals surface area contributed by atoms with Gasteiger partial charge < -0.3 is 51.1 Å². The van der Waals surface area contributed by atoms with Crippen LogP contribution in [0.5, 0.6) is 5.75 Å². The molecule has 25 nitrogen and oxygen atoms in total. The van der Waals surface area contributed by atoms with E-state index in [4.69, 9.17) is 4.74 Å². The lowest BCUT2D eigenvalue weighted by Crippen LogP contribution is -2.53. The second-order valence-corrected chi connectivity index (χ2v) is 25.0. The minimum atomic E-state index is -3.05. The lowest BCUT2D eigenvalue weighted by atomic mass is 9.92. The molecule has 0 bridgehead atoms. The number of pyridine rings is 1. The van der Waals surface area contributed by atoms with Gasteiger partial charge in [-0.3, -0.25) is 72.7 Å². The Morgan fingerprint density at radius 1 is 0.717 bits per heavy atom. The first kappa shape index (κ1) is 73.6. The van der Waals surface area contributed by atoms with E-state index in [-0.39, 0.29) is 102 Å². The van der Waals surface area contributed by atoms with E-state index < -0.39 is 79.1 Å². The maximum Gasteiger partial charge on any atom is 0.317 e. The van der Waals surface area contributed by atoms with Gasteiger partial charge in [0.15, 0.2) is 0 Å². The van der Waals surface area contributed by atoms with Gasteiger partial charge in [-0.1, -0.05) is 36.2 Å². The first-order valence-electron chi connectivity index (χ1n) is 31.8. The van der Waals surface area contributed by atoms with E-state index in [1.54, 1.807) is 37.8 Å². The Labute approximate surface area is 540 Å². The molecule has 2 atom stereocenters. The number of alkyl halides is 2. The predicted octanol–water partition coefficient (Wildman–Crippen LogP) is 3.12. The van der Waals surface area contributed by atoms with Gasteiger partial charge in [-0.25, -0.2) is 8.78 Å². The number of carbonyl (C=O) groups is 9. The molecule has 4 heterocycles. The molecule has 3 fully saturated rings. The number of aromatic nitrogens is 1. The lowest BCUT2D eigenvalue weighted by Gasteiger charge is -2.33. The van der Waals surface area contributed by atoms with Crippen LogP contribution in [-0.4, -0.2) is 270 Å². The molecule has 0 radical (unpaired) electrons. The number of carbonyl (C=O) groups excluding carboxylic acids is 6. The summed E-state index contributed by atoms with van der Waals surface area (Å²) in [6.07, 6.45) is 9.73. The number of thioether (sulfide) groups is 1. The number of halogens is 2. The Balaban J connectivity index is 0.920. The van der Waals surface area contributed by atoms with Crippen molar-refractivity contribution in [1.29, 1.82) is 0 Å². The normalized spacial score (nSPS) is 17.8. The topological polar surface area (TPSA) is 316 Å². The van der Waals surface area contributed by atoms with Crippen molar-refractivity contribution >= 4 is 82.2 Å². The van der Waals surface area contributed by atoms with Gasteiger partial charge in [0.05, 0.1) is 63.0 Å². The van der Waals surface area contributed by atoms with Gasteiger partial charge in [-0.05, 0) is 94.0 Å². The van der Waals surface area contributed by atoms with Gasteiger partial charge in [-0.15, -0.1) is 0 Å². The molecule has 506 valence electrons. The summed E-state index contributed by atoms with van der Waals surface area (Å²) in [5, 5.41) is 40.7. The van der Waals surface area contributed by atoms with Crippen LogP contribution >= 0.6 is 11.8 Å². The summed E-state index contributed by atoms with van der Waals surface area (Å²) in [5.41, 5.74) is 3.12. The molecule has 7 N–H and O–H groups in total. The second kappa shape index (κ2) is 38.6. The number of ether oxygens (including phenoxy) is 1. The largest absolute Gasteiger partial charge is 0.494 e. The number of unbranched alkanes of at least 4 members (excludes halogenated alkanes) is 2. The third-order valence-corrected chi connectivity index (χ3v) is 17.6. The number of amides is 6. The molecular formula is C64H92F2N12O13S. The highest BCUT2D eigenvalue weighted by Crippen LogP contribution is 2.32. The van der Waals surface area contributed by atoms with Crippen LogP contribution in [0.2, 0.25) is 0 Å². The van der Waals surface area contributed by atoms with Crippen LogP contribution in [0.25, 0.3) is 10.9 Å². The molecule has 3 aromatic rings. The molecule has 28 heteroatoms. The van der Waals surface area contributed by atoms with E-state index >= 15 is 0 Å². The molecule has 3 aliphatic rings. The molecule has 0 spiro atoms. The maximum absolute atomic E-state index is 14.1. The molecular weight excluding hydrogens is 1210 g/mol. The van der Waals surface area contributed by atoms with E-state index in [1.165, 1.54) is 42.9 Å². The highest BCUT2D eigenvalue weighted by molar-refractivity contribution is 7.99. The van der Waals surface area contributed by atoms with Crippen molar-refractivity contribution in [2.45, 2.75) is 102 Å². The summed E-state index contributed by atoms with van der Waals surface area (Å²) in [5.74, 6) is -6.71. The molecule has 6 rings (SSSR count). The van der Waals surface area contributed by atoms with E-state index in [1.807, 2.05) is 24.0 Å². The number of likely N-dealkylation sites (tertiary alicyclic amines) is 2. The van der Waals surface area contributed by atoms with Crippen LogP contribution in [0.4, 0.5) is 8.78 Å². The number of hydrogen-bond acceptors (Lipinski definition) is 17. The van der Waals surface area contributed by atoms with Gasteiger partial charge in [-0.2, -0.15) is 11.8 Å². The van der Waals surface area contributed by atoms with Crippen molar-refractivity contribution in [3.05, 3.63) is 71.4 Å². The Kier molecular flexibility index (Phi) is 30.9. The predicted molar refractivity (Wildman–Crippen MR) is 344 cm³/mol. The smallest absolute Gasteiger partial charge is 0.317 e. The minimum absolute atomic E-state index is 0.0789. The lowest BCUT2D eigenvalue weighted by molar-refractivity contribution is -0.140. The molecule has 0 unspecified atom stereocenters. The zero-order valence-corrected chi connectivity index (χ0v) is 53.8. The standard InChI is InChI=1S/C64H92F2N12O13S/c1-46-12-14-47(15-13-46)8-6-10-55(79)69-23-35-92-44-54(72-56(80)40-73-26-28-74(41-59(83)84)30-32-76(43-61(87)88)33-31-75(29-27-73)42-60(85)86)63(90)70-21-5-3-4-11-57(81)77-24-19-48(20-25-77)9-7-34-91-50-16-17-53-52(36-50)51(18-22-68-53)62(89)71-39-58(82)78-45-64(65,66)37-49(78)38-67-2/h12-18,22,36,38,48-49,54H,3-11,19-21,23-35,37,39-45H2,1-2H3,(H,69,79)(H,70,90)(H,71,89)(H,72,80)(H,83,84)(H,85,86)(H,87,88)/t49-,54+/m1/s1. The molecule has 3 aliphatic heterocycles. The fraction of sp³-hybridized carbons (Fsp3) is 0.609. The summed E-state index contributed by atoms with van der Waals surface area (Å²) in [6.45, 7) is 3.84. The van der Waals surface area contributed by atoms with Crippen molar-refractivity contribution in [3.63, 3.8) is 0 Å². The number of rotatable bonds is 34. The average molecular weight is 1310 g/mol. The van der Waals surface area contributed by atoms with Gasteiger partial charge in [0, 0.05) is 134 Å². The number of aliphatic carboxylic acids is 3. The molecule has 1 aromatic heterocycles. The molecule has 92 heavy (non-hydrogen) atoms. The van der Waals surface area contributed by atoms with Crippen LogP contribution in [0.15, 0.2) is 59.7 Å². The number of piperidine rings is 1. The fourth-order valence-corrected chi connectivity index (χ4v) is 12.3. The monoisotopic (exact) mass is 1310 g/mol. The number of aryl methyl sites for hydroxylation is 2. The molecule has 3 saturated heterocycles. The van der Waals surface area contributed by atoms with Crippen molar-refractivity contribution < 1.29 is 72.0 Å². The van der Waals surface area contributed by atoms with Crippen LogP contribution in [0.3, 0.4) is 0 Å². The summed E-state index contributed by atoms with van der Waals surface area (Å²) < 4.78 is 34.4. The van der Waals surface area contributed by atoms with Gasteiger partial charge >= 0.3 is 17.9 Å². The Hall–Kier alpha value is -7.40. The SMILES string of the molecule is CN=C[C@H]1CC(F)(F)CN1C(=O)CNC(=O)c1ccnc2ccc(OCCCC3CCN(C(=O)CCCCCNC(=O)[C@H](CSCCNC(=O)CCCc4ccc(C)cc4)NC(=O)CN4CCN(CC(=O)O)CCN(CC(=O)O)CCN(CC(=O)O)CC4)CC3)cc12. The first-order chi connectivity index (χ1) is 44.1. The van der Waals surface area contributed by atoms with E-state index in [2.05, 4.69) is 43.4 Å². The summed E-state index contributed by atoms with van der Waals surface area (Å²) in [4.78, 5) is 133. The Bertz CT molecular complexity index is 2930. The number of nitrogens with one attached hydrogen (secondary N) is 4. The first-order valence-corrected chi connectivity index (χ1v) is 33.0. The Morgan fingerprint density at radius 3 is 1.97 bits per heavy atom. The third kappa shape index (κ3) is 26.7. The van der Waals surface area contributed by atoms with Crippen LogP contribution < -0.4 is 26.0 Å². The Morgan fingerprint density at radius 2 is 1.35 bits per heavy atom. The van der Waals surface area contributed by atoms with E-state index in [0.717, 1.165) is 42.6 Å². The zero-order valence-electron chi connectivity index (χ0n) is 53.0. The van der Waals surface area contributed by atoms with Crippen molar-refractivity contribution in [2.24, 2.45) is 10.9 Å². The number of carboxylic acids is 3. The van der Waals surface area contributed by atoms with Gasteiger partial charge in [0.2, 0.25) is 29.5 Å². The molecule has 2 aromatic carbocycles. The molecule has 0 aliphatic carbocycles. The number of carboxylic acid groups (broad SMARTS) is 3. The van der Waals surface area contributed by atoms with Crippen molar-refractivity contribution in [1.82, 2.24) is 55.7 Å². The number of hydrogen-bond donors (Lipinski definition) is 7. The minimum Gasteiger partial charge on any atom is -0.494 e. The van der Waals surface area contributed by atoms with E-state index in [0.29, 0.717) is 99.6 Å². The van der Waals surface area contributed by atoms with Crippen LogP contribution in [-0.2, 0) is 44.8 Å². The average Bonchev–Trinajstić information content (AvgIpc) is 1.23. The number of fused-ring (bicyclic) bond motifs is 1.